The summed E-state index contributed by atoms with van der Waals surface area (Å²) in [5.41, 5.74) is 4.87. The van der Waals surface area contributed by atoms with E-state index in [-0.39, 0.29) is 5.91 Å². The molecule has 0 aliphatic carbocycles. The molecule has 0 spiro atoms. The van der Waals surface area contributed by atoms with Crippen molar-refractivity contribution in [3.05, 3.63) is 88.4 Å². The van der Waals surface area contributed by atoms with Crippen molar-refractivity contribution in [1.82, 2.24) is 10.2 Å². The number of nitrogens with one attached hydrogen (secondary N) is 1. The number of halogens is 1. The van der Waals surface area contributed by atoms with Gasteiger partial charge in [-0.2, -0.15) is 0 Å². The van der Waals surface area contributed by atoms with Gasteiger partial charge in [-0.05, 0) is 100 Å². The number of nitrogens with zero attached hydrogens (tertiary/aromatic N) is 2. The molecule has 3 aromatic rings. The first kappa shape index (κ1) is 25.1. The monoisotopic (exact) mass is 517 g/mol. The van der Waals surface area contributed by atoms with Crippen LogP contribution in [0.1, 0.15) is 47.7 Å². The van der Waals surface area contributed by atoms with Crippen molar-refractivity contribution in [2.75, 3.05) is 26.2 Å². The maximum absolute atomic E-state index is 12.8. The number of fused-ring (bicyclic) bond motifs is 2. The Bertz CT molecular complexity index is 1250. The second-order valence-corrected chi connectivity index (χ2v) is 11.2. The van der Waals surface area contributed by atoms with Crippen molar-refractivity contribution < 1.29 is 4.79 Å². The first-order valence-corrected chi connectivity index (χ1v) is 14.0. The molecule has 36 heavy (non-hydrogen) atoms. The van der Waals surface area contributed by atoms with Gasteiger partial charge in [-0.3, -0.25) is 9.79 Å². The van der Waals surface area contributed by atoms with Crippen LogP contribution in [0.15, 0.2) is 81.5 Å². The Kier molecular flexibility index (Phi) is 8.10. The highest BCUT2D eigenvalue weighted by Crippen LogP contribution is 2.41. The van der Waals surface area contributed by atoms with Gasteiger partial charge in [-0.1, -0.05) is 53.7 Å². The summed E-state index contributed by atoms with van der Waals surface area (Å²) in [6, 6.07) is 22.5. The molecule has 0 atom stereocenters. The molecule has 0 radical (unpaired) electrons. The molecule has 0 unspecified atom stereocenters. The fourth-order valence-electron chi connectivity index (χ4n) is 5.03. The van der Waals surface area contributed by atoms with Gasteiger partial charge < -0.3 is 10.2 Å². The third kappa shape index (κ3) is 6.20. The van der Waals surface area contributed by atoms with Gasteiger partial charge >= 0.3 is 0 Å². The summed E-state index contributed by atoms with van der Waals surface area (Å²) >= 11 is 7.86. The summed E-state index contributed by atoms with van der Waals surface area (Å²) in [6.07, 6.45) is 4.66. The van der Waals surface area contributed by atoms with Crippen LogP contribution < -0.4 is 5.32 Å². The van der Waals surface area contributed by atoms with Gasteiger partial charge in [0, 0.05) is 38.2 Å². The molecule has 1 fully saturated rings. The van der Waals surface area contributed by atoms with E-state index in [1.165, 1.54) is 24.8 Å². The van der Waals surface area contributed by atoms with E-state index in [2.05, 4.69) is 40.5 Å². The standard InChI is InChI=1S/C30H32ClN3OS/c1-21-26-20-25(31)9-11-28(26)36-29-10-8-24(19-27(29)33-21)30(35)32-14-5-15-34-16-12-23(13-17-34)18-22-6-3-2-4-7-22/h2-4,6-11,19-20,23H,5,12-18H2,1H3,(H,32,35). The van der Waals surface area contributed by atoms with Gasteiger partial charge in [0.2, 0.25) is 0 Å². The van der Waals surface area contributed by atoms with E-state index >= 15 is 0 Å². The first-order chi connectivity index (χ1) is 17.5. The Labute approximate surface area is 223 Å². The molecule has 0 saturated carbocycles. The molecule has 1 N–H and O–H groups in total. The Balaban J connectivity index is 1.09. The van der Waals surface area contributed by atoms with Crippen LogP contribution in [0.2, 0.25) is 5.02 Å². The van der Waals surface area contributed by atoms with E-state index in [9.17, 15) is 4.79 Å². The Morgan fingerprint density at radius 3 is 2.64 bits per heavy atom. The zero-order chi connectivity index (χ0) is 24.9. The van der Waals surface area contributed by atoms with Crippen LogP contribution in [-0.2, 0) is 6.42 Å². The molecular formula is C30H32ClN3OS. The molecule has 186 valence electrons. The molecule has 1 amide bonds. The van der Waals surface area contributed by atoms with Gasteiger partial charge in [0.05, 0.1) is 5.69 Å². The van der Waals surface area contributed by atoms with E-state index in [1.807, 2.05) is 43.3 Å². The zero-order valence-electron chi connectivity index (χ0n) is 20.7. The van der Waals surface area contributed by atoms with Crippen molar-refractivity contribution in [1.29, 1.82) is 0 Å². The Morgan fingerprint density at radius 2 is 1.83 bits per heavy atom. The lowest BCUT2D eigenvalue weighted by Crippen LogP contribution is -2.36. The van der Waals surface area contributed by atoms with Crippen LogP contribution in [0.25, 0.3) is 0 Å². The predicted octanol–water partition coefficient (Wildman–Crippen LogP) is 7.02. The van der Waals surface area contributed by atoms with E-state index in [4.69, 9.17) is 16.6 Å². The minimum atomic E-state index is -0.0398. The second-order valence-electron chi connectivity index (χ2n) is 9.71. The lowest BCUT2D eigenvalue weighted by Gasteiger charge is -2.32. The summed E-state index contributed by atoms with van der Waals surface area (Å²) in [5.74, 6) is 0.743. The molecular weight excluding hydrogens is 486 g/mol. The van der Waals surface area contributed by atoms with Crippen LogP contribution in [0.5, 0.6) is 0 Å². The number of likely N-dealkylation sites (tertiary alicyclic amines) is 1. The van der Waals surface area contributed by atoms with E-state index in [0.29, 0.717) is 17.1 Å². The molecule has 1 saturated heterocycles. The highest BCUT2D eigenvalue weighted by molar-refractivity contribution is 7.99. The Hall–Kier alpha value is -2.60. The molecule has 4 nitrogen and oxygen atoms in total. The minimum absolute atomic E-state index is 0.0398. The van der Waals surface area contributed by atoms with Gasteiger partial charge in [0.15, 0.2) is 0 Å². The quantitative estimate of drug-likeness (QED) is 0.342. The van der Waals surface area contributed by atoms with Crippen LogP contribution >= 0.6 is 23.4 Å². The smallest absolute Gasteiger partial charge is 0.251 e. The molecule has 3 aromatic carbocycles. The Morgan fingerprint density at radius 1 is 1.06 bits per heavy atom. The maximum Gasteiger partial charge on any atom is 0.251 e. The van der Waals surface area contributed by atoms with Crippen LogP contribution in [-0.4, -0.2) is 42.7 Å². The molecule has 5 rings (SSSR count). The third-order valence-electron chi connectivity index (χ3n) is 7.07. The van der Waals surface area contributed by atoms with Crippen molar-refractivity contribution >= 4 is 40.7 Å². The molecule has 2 aliphatic heterocycles. The fraction of sp³-hybridized carbons (Fsp3) is 0.333. The molecule has 0 bridgehead atoms. The van der Waals surface area contributed by atoms with Crippen molar-refractivity contribution in [2.24, 2.45) is 10.9 Å². The van der Waals surface area contributed by atoms with Crippen molar-refractivity contribution in [3.63, 3.8) is 0 Å². The van der Waals surface area contributed by atoms with Gasteiger partial charge in [-0.15, -0.1) is 0 Å². The van der Waals surface area contributed by atoms with Gasteiger partial charge in [0.25, 0.3) is 5.91 Å². The highest BCUT2D eigenvalue weighted by Gasteiger charge is 2.20. The molecule has 6 heteroatoms. The molecule has 2 heterocycles. The molecule has 0 aromatic heterocycles. The number of hydrogen-bond donors (Lipinski definition) is 1. The topological polar surface area (TPSA) is 44.7 Å². The van der Waals surface area contributed by atoms with Gasteiger partial charge in [0.1, 0.15) is 0 Å². The zero-order valence-corrected chi connectivity index (χ0v) is 22.2. The minimum Gasteiger partial charge on any atom is -0.352 e. The number of benzene rings is 3. The summed E-state index contributed by atoms with van der Waals surface area (Å²) in [6.45, 7) is 6.00. The number of amides is 1. The summed E-state index contributed by atoms with van der Waals surface area (Å²) in [7, 11) is 0. The average Bonchev–Trinajstić information content (AvgIpc) is 3.03. The summed E-state index contributed by atoms with van der Waals surface area (Å²) < 4.78 is 0. The van der Waals surface area contributed by atoms with E-state index < -0.39 is 0 Å². The first-order valence-electron chi connectivity index (χ1n) is 12.8. The maximum atomic E-state index is 12.8. The third-order valence-corrected chi connectivity index (χ3v) is 8.45. The van der Waals surface area contributed by atoms with Crippen LogP contribution in [0.4, 0.5) is 5.69 Å². The van der Waals surface area contributed by atoms with Crippen LogP contribution in [0.3, 0.4) is 0 Å². The largest absolute Gasteiger partial charge is 0.352 e. The number of carbonyl (C=O) groups excluding carboxylic acids is 1. The average molecular weight is 518 g/mol. The SMILES string of the molecule is CC1=Nc2cc(C(=O)NCCCN3CCC(Cc4ccccc4)CC3)ccc2Sc2ccc(Cl)cc21. The lowest BCUT2D eigenvalue weighted by molar-refractivity contribution is 0.0950. The number of hydrogen-bond acceptors (Lipinski definition) is 4. The second kappa shape index (κ2) is 11.6. The van der Waals surface area contributed by atoms with Crippen molar-refractivity contribution in [3.8, 4) is 0 Å². The van der Waals surface area contributed by atoms with Gasteiger partial charge in [-0.25, -0.2) is 0 Å². The fourth-order valence-corrected chi connectivity index (χ4v) is 6.24. The number of rotatable bonds is 7. The van der Waals surface area contributed by atoms with Crippen molar-refractivity contribution in [2.45, 2.75) is 42.4 Å². The number of piperidine rings is 1. The van der Waals surface area contributed by atoms with E-state index in [0.717, 1.165) is 58.7 Å². The highest BCUT2D eigenvalue weighted by atomic mass is 35.5. The predicted molar refractivity (Wildman–Crippen MR) is 150 cm³/mol. The number of aliphatic imine (C=N–C) groups is 1. The van der Waals surface area contributed by atoms with E-state index in [1.54, 1.807) is 11.8 Å². The summed E-state index contributed by atoms with van der Waals surface area (Å²) in [4.78, 5) is 22.3. The lowest BCUT2D eigenvalue weighted by atomic mass is 9.90. The van der Waals surface area contributed by atoms with Crippen LogP contribution in [0, 0.1) is 5.92 Å². The summed E-state index contributed by atoms with van der Waals surface area (Å²) in [5, 5.41) is 3.80. The number of carbonyl (C=O) groups is 1. The molecule has 2 aliphatic rings. The normalized spacial score (nSPS) is 16.0.